The van der Waals surface area contributed by atoms with E-state index in [4.69, 9.17) is 4.74 Å². The summed E-state index contributed by atoms with van der Waals surface area (Å²) in [6, 6.07) is 32.2. The first-order valence-electron chi connectivity index (χ1n) is 12.6. The molecule has 0 aromatic heterocycles. The molecule has 0 aliphatic heterocycles. The van der Waals surface area contributed by atoms with Crippen LogP contribution in [0.4, 0.5) is 5.69 Å². The van der Waals surface area contributed by atoms with E-state index in [0.29, 0.717) is 22.6 Å². The number of rotatable bonds is 8. The first-order valence-corrected chi connectivity index (χ1v) is 14.1. The fraction of sp³-hybridized carbons (Fsp3) is 0.0312. The number of aryl methyl sites for hydroxylation is 1. The Kier molecular flexibility index (Phi) is 7.89. The molecule has 9 heteroatoms. The standard InChI is InChI=1S/C32H25N3O5S/c1-22-11-18-27(19-12-22)41(38,39)35-26-16-13-24(14-17-26)31(36)34-33-21-29-28-10-6-5-7-23(28)15-20-30(29)40-32(37)25-8-3-2-4-9-25/h2-21,35H,1H3,(H,34,36). The molecule has 5 aromatic rings. The summed E-state index contributed by atoms with van der Waals surface area (Å²) in [6.07, 6.45) is 1.43. The van der Waals surface area contributed by atoms with Crippen molar-refractivity contribution in [1.82, 2.24) is 5.43 Å². The minimum absolute atomic E-state index is 0.140. The minimum Gasteiger partial charge on any atom is -0.422 e. The van der Waals surface area contributed by atoms with Crippen molar-refractivity contribution in [2.45, 2.75) is 11.8 Å². The average Bonchev–Trinajstić information content (AvgIpc) is 2.98. The summed E-state index contributed by atoms with van der Waals surface area (Å²) >= 11 is 0. The van der Waals surface area contributed by atoms with Crippen LogP contribution in [0, 0.1) is 6.92 Å². The van der Waals surface area contributed by atoms with E-state index in [1.165, 1.54) is 42.6 Å². The van der Waals surface area contributed by atoms with E-state index in [1.807, 2.05) is 43.3 Å². The van der Waals surface area contributed by atoms with Crippen LogP contribution < -0.4 is 14.9 Å². The molecule has 41 heavy (non-hydrogen) atoms. The van der Waals surface area contributed by atoms with Crippen LogP contribution in [0.3, 0.4) is 0 Å². The molecule has 0 heterocycles. The third-order valence-electron chi connectivity index (χ3n) is 6.23. The van der Waals surface area contributed by atoms with Crippen molar-refractivity contribution in [1.29, 1.82) is 0 Å². The van der Waals surface area contributed by atoms with Gasteiger partial charge in [-0.3, -0.25) is 9.52 Å². The van der Waals surface area contributed by atoms with Crippen molar-refractivity contribution in [3.05, 3.63) is 138 Å². The summed E-state index contributed by atoms with van der Waals surface area (Å²) < 4.78 is 33.4. The number of fused-ring (bicyclic) bond motifs is 1. The van der Waals surface area contributed by atoms with E-state index in [-0.39, 0.29) is 10.5 Å². The molecule has 0 saturated carbocycles. The SMILES string of the molecule is Cc1ccc(S(=O)(=O)Nc2ccc(C(=O)NN=Cc3c(OC(=O)c4ccccc4)ccc4ccccc34)cc2)cc1. The van der Waals surface area contributed by atoms with Gasteiger partial charge in [0.1, 0.15) is 5.75 Å². The van der Waals surface area contributed by atoms with Gasteiger partial charge in [0.05, 0.1) is 16.7 Å². The van der Waals surface area contributed by atoms with E-state index in [1.54, 1.807) is 42.5 Å². The van der Waals surface area contributed by atoms with E-state index >= 15 is 0 Å². The Labute approximate surface area is 237 Å². The van der Waals surface area contributed by atoms with Gasteiger partial charge in [0.2, 0.25) is 0 Å². The fourth-order valence-electron chi connectivity index (χ4n) is 4.07. The topological polar surface area (TPSA) is 114 Å². The van der Waals surface area contributed by atoms with Gasteiger partial charge in [-0.05, 0) is 72.3 Å². The largest absolute Gasteiger partial charge is 0.422 e. The average molecular weight is 564 g/mol. The first-order chi connectivity index (χ1) is 19.8. The van der Waals surface area contributed by atoms with Crippen LogP contribution in [0.25, 0.3) is 10.8 Å². The summed E-state index contributed by atoms with van der Waals surface area (Å²) in [6.45, 7) is 1.87. The second kappa shape index (κ2) is 11.8. The van der Waals surface area contributed by atoms with Gasteiger partial charge in [-0.15, -0.1) is 0 Å². The van der Waals surface area contributed by atoms with Crippen molar-refractivity contribution in [3.8, 4) is 5.75 Å². The van der Waals surface area contributed by atoms with Gasteiger partial charge in [-0.2, -0.15) is 5.10 Å². The number of ether oxygens (including phenoxy) is 1. The summed E-state index contributed by atoms with van der Waals surface area (Å²) in [5, 5.41) is 5.80. The van der Waals surface area contributed by atoms with Gasteiger partial charge >= 0.3 is 5.97 Å². The quantitative estimate of drug-likeness (QED) is 0.105. The molecule has 5 rings (SSSR count). The first kappa shape index (κ1) is 27.3. The molecule has 5 aromatic carbocycles. The number of hydrogen-bond acceptors (Lipinski definition) is 6. The Hall–Kier alpha value is -5.28. The molecule has 8 nitrogen and oxygen atoms in total. The van der Waals surface area contributed by atoms with Crippen LogP contribution in [0.15, 0.2) is 125 Å². The van der Waals surface area contributed by atoms with E-state index in [0.717, 1.165) is 16.3 Å². The van der Waals surface area contributed by atoms with Crippen LogP contribution in [0.2, 0.25) is 0 Å². The number of carbonyl (C=O) groups is 2. The highest BCUT2D eigenvalue weighted by Crippen LogP contribution is 2.27. The van der Waals surface area contributed by atoms with Crippen LogP contribution >= 0.6 is 0 Å². The number of hydrazone groups is 1. The zero-order valence-electron chi connectivity index (χ0n) is 21.9. The Morgan fingerprint density at radius 1 is 0.756 bits per heavy atom. The van der Waals surface area contributed by atoms with Gasteiger partial charge in [0, 0.05) is 16.8 Å². The molecule has 0 saturated heterocycles. The maximum absolute atomic E-state index is 12.7. The van der Waals surface area contributed by atoms with Gasteiger partial charge in [0.15, 0.2) is 0 Å². The smallest absolute Gasteiger partial charge is 0.343 e. The molecule has 0 aliphatic carbocycles. The Morgan fingerprint density at radius 3 is 2.17 bits per heavy atom. The zero-order valence-corrected chi connectivity index (χ0v) is 22.8. The second-order valence-corrected chi connectivity index (χ2v) is 10.8. The lowest BCUT2D eigenvalue weighted by Crippen LogP contribution is -2.18. The number of carbonyl (C=O) groups excluding carboxylic acids is 2. The lowest BCUT2D eigenvalue weighted by molar-refractivity contribution is 0.0734. The molecular formula is C32H25N3O5S. The number of hydrogen-bond donors (Lipinski definition) is 2. The second-order valence-electron chi connectivity index (χ2n) is 9.15. The Bertz CT molecular complexity index is 1850. The molecule has 0 aliphatic rings. The normalized spacial score (nSPS) is 11.3. The molecule has 0 atom stereocenters. The van der Waals surface area contributed by atoms with Crippen LogP contribution in [0.5, 0.6) is 5.75 Å². The molecule has 0 spiro atoms. The van der Waals surface area contributed by atoms with Gasteiger partial charge in [0.25, 0.3) is 15.9 Å². The van der Waals surface area contributed by atoms with Crippen LogP contribution in [0.1, 0.15) is 31.8 Å². The fourth-order valence-corrected chi connectivity index (χ4v) is 5.13. The summed E-state index contributed by atoms with van der Waals surface area (Å²) in [5.74, 6) is -0.726. The maximum atomic E-state index is 12.7. The van der Waals surface area contributed by atoms with Crippen molar-refractivity contribution in [2.75, 3.05) is 4.72 Å². The third kappa shape index (κ3) is 6.48. The molecule has 204 valence electrons. The number of anilines is 1. The number of benzene rings is 5. The number of nitrogens with zero attached hydrogens (tertiary/aromatic N) is 1. The molecular weight excluding hydrogens is 538 g/mol. The van der Waals surface area contributed by atoms with Crippen molar-refractivity contribution < 1.29 is 22.7 Å². The lowest BCUT2D eigenvalue weighted by atomic mass is 10.0. The van der Waals surface area contributed by atoms with Crippen molar-refractivity contribution in [3.63, 3.8) is 0 Å². The van der Waals surface area contributed by atoms with E-state index in [9.17, 15) is 18.0 Å². The lowest BCUT2D eigenvalue weighted by Gasteiger charge is -2.11. The predicted molar refractivity (Wildman–Crippen MR) is 159 cm³/mol. The van der Waals surface area contributed by atoms with Crippen LogP contribution in [-0.2, 0) is 10.0 Å². The number of amides is 1. The van der Waals surface area contributed by atoms with Crippen molar-refractivity contribution in [2.24, 2.45) is 5.10 Å². The number of esters is 1. The molecule has 0 bridgehead atoms. The monoisotopic (exact) mass is 563 g/mol. The van der Waals surface area contributed by atoms with E-state index in [2.05, 4.69) is 15.2 Å². The summed E-state index contributed by atoms with van der Waals surface area (Å²) in [5.41, 5.74) is 4.93. The van der Waals surface area contributed by atoms with Gasteiger partial charge < -0.3 is 4.74 Å². The highest BCUT2D eigenvalue weighted by molar-refractivity contribution is 7.92. The Balaban J connectivity index is 1.31. The van der Waals surface area contributed by atoms with Crippen molar-refractivity contribution >= 4 is 44.6 Å². The molecule has 0 unspecified atom stereocenters. The minimum atomic E-state index is -3.77. The highest BCUT2D eigenvalue weighted by atomic mass is 32.2. The van der Waals surface area contributed by atoms with Gasteiger partial charge in [-0.25, -0.2) is 18.6 Å². The molecule has 0 fully saturated rings. The Morgan fingerprint density at radius 2 is 1.44 bits per heavy atom. The highest BCUT2D eigenvalue weighted by Gasteiger charge is 2.15. The number of nitrogens with one attached hydrogen (secondary N) is 2. The third-order valence-corrected chi connectivity index (χ3v) is 7.63. The molecule has 2 N–H and O–H groups in total. The molecule has 0 radical (unpaired) electrons. The predicted octanol–water partition coefficient (Wildman–Crippen LogP) is 5.93. The zero-order chi connectivity index (χ0) is 28.8. The molecule has 1 amide bonds. The number of sulfonamides is 1. The maximum Gasteiger partial charge on any atom is 0.343 e. The summed E-state index contributed by atoms with van der Waals surface area (Å²) in [7, 11) is -3.77. The van der Waals surface area contributed by atoms with E-state index < -0.39 is 21.9 Å². The van der Waals surface area contributed by atoms with Gasteiger partial charge in [-0.1, -0.05) is 66.2 Å². The van der Waals surface area contributed by atoms with Crippen LogP contribution in [-0.4, -0.2) is 26.5 Å². The summed E-state index contributed by atoms with van der Waals surface area (Å²) in [4.78, 5) is 25.6.